The van der Waals surface area contributed by atoms with Gasteiger partial charge >= 0.3 is 6.03 Å². The van der Waals surface area contributed by atoms with Crippen molar-refractivity contribution < 1.29 is 18.3 Å². The van der Waals surface area contributed by atoms with Crippen molar-refractivity contribution in [2.45, 2.75) is 25.8 Å². The zero-order valence-electron chi connectivity index (χ0n) is 13.9. The van der Waals surface area contributed by atoms with Crippen LogP contribution in [0.15, 0.2) is 17.2 Å². The third kappa shape index (κ3) is 4.33. The first-order valence-electron chi connectivity index (χ1n) is 8.50. The number of morpholine rings is 1. The van der Waals surface area contributed by atoms with E-state index in [2.05, 4.69) is 4.98 Å². The number of aromatic nitrogens is 2. The van der Waals surface area contributed by atoms with E-state index < -0.39 is 17.7 Å². The van der Waals surface area contributed by atoms with Gasteiger partial charge < -0.3 is 14.5 Å². The Bertz CT molecular complexity index is 653. The van der Waals surface area contributed by atoms with Crippen molar-refractivity contribution in [2.24, 2.45) is 5.92 Å². The lowest BCUT2D eigenvalue weighted by Crippen LogP contribution is -2.50. The zero-order chi connectivity index (χ0) is 17.8. The van der Waals surface area contributed by atoms with Crippen LogP contribution in [0.25, 0.3) is 0 Å². The summed E-state index contributed by atoms with van der Waals surface area (Å²) in [4.78, 5) is 31.6. The van der Waals surface area contributed by atoms with Crippen LogP contribution < -0.4 is 5.56 Å². The van der Waals surface area contributed by atoms with Crippen molar-refractivity contribution in [2.75, 3.05) is 39.4 Å². The van der Waals surface area contributed by atoms with E-state index in [9.17, 15) is 18.4 Å². The molecule has 0 aromatic carbocycles. The number of amides is 2. The van der Waals surface area contributed by atoms with Crippen molar-refractivity contribution in [3.05, 3.63) is 28.4 Å². The van der Waals surface area contributed by atoms with Crippen LogP contribution in [0.2, 0.25) is 0 Å². The highest BCUT2D eigenvalue weighted by molar-refractivity contribution is 5.74. The Labute approximate surface area is 144 Å². The summed E-state index contributed by atoms with van der Waals surface area (Å²) in [5.74, 6) is 0.227. The fourth-order valence-electron chi connectivity index (χ4n) is 3.24. The summed E-state index contributed by atoms with van der Waals surface area (Å²) < 4.78 is 31.7. The number of hydrogen-bond donors (Lipinski definition) is 0. The molecule has 2 aliphatic heterocycles. The highest BCUT2D eigenvalue weighted by atomic mass is 19.3. The number of carbonyl (C=O) groups is 1. The highest BCUT2D eigenvalue weighted by Gasteiger charge is 2.27. The molecule has 0 atom stereocenters. The molecule has 9 heteroatoms. The van der Waals surface area contributed by atoms with Gasteiger partial charge in [0.2, 0.25) is 0 Å². The monoisotopic (exact) mass is 356 g/mol. The van der Waals surface area contributed by atoms with Crippen LogP contribution in [0.3, 0.4) is 0 Å². The Morgan fingerprint density at radius 1 is 1.20 bits per heavy atom. The molecule has 0 saturated carbocycles. The lowest BCUT2D eigenvalue weighted by molar-refractivity contribution is 0.0397. The van der Waals surface area contributed by atoms with E-state index in [4.69, 9.17) is 4.74 Å². The topological polar surface area (TPSA) is 67.7 Å². The Balaban J connectivity index is 1.52. The van der Waals surface area contributed by atoms with Gasteiger partial charge in [-0.25, -0.2) is 18.6 Å². The SMILES string of the molecule is O=C(N1CCOCC1)N1CCC(Cn2cnc(C(F)F)cc2=O)CC1. The number of alkyl halides is 2. The van der Waals surface area contributed by atoms with Gasteiger partial charge in [0.15, 0.2) is 0 Å². The van der Waals surface area contributed by atoms with Crippen LogP contribution in [-0.2, 0) is 11.3 Å². The third-order valence-electron chi connectivity index (χ3n) is 4.75. The number of urea groups is 1. The van der Waals surface area contributed by atoms with Gasteiger partial charge in [-0.3, -0.25) is 9.36 Å². The lowest BCUT2D eigenvalue weighted by Gasteiger charge is -2.37. The van der Waals surface area contributed by atoms with Crippen LogP contribution in [0, 0.1) is 5.92 Å². The molecule has 138 valence electrons. The summed E-state index contributed by atoms with van der Waals surface area (Å²) in [7, 11) is 0. The second-order valence-corrected chi connectivity index (χ2v) is 6.42. The van der Waals surface area contributed by atoms with Crippen LogP contribution in [-0.4, -0.2) is 64.8 Å². The largest absolute Gasteiger partial charge is 0.378 e. The van der Waals surface area contributed by atoms with Crippen molar-refractivity contribution >= 4 is 6.03 Å². The van der Waals surface area contributed by atoms with E-state index in [-0.39, 0.29) is 11.9 Å². The van der Waals surface area contributed by atoms with Gasteiger partial charge in [0.05, 0.1) is 19.5 Å². The Morgan fingerprint density at radius 3 is 2.44 bits per heavy atom. The highest BCUT2D eigenvalue weighted by Crippen LogP contribution is 2.20. The first kappa shape index (κ1) is 17.8. The smallest absolute Gasteiger partial charge is 0.320 e. The lowest BCUT2D eigenvalue weighted by atomic mass is 9.97. The number of piperidine rings is 1. The van der Waals surface area contributed by atoms with Crippen LogP contribution in [0.1, 0.15) is 25.0 Å². The molecule has 0 spiro atoms. The predicted molar refractivity (Wildman–Crippen MR) is 85.5 cm³/mol. The predicted octanol–water partition coefficient (Wildman–Crippen LogP) is 1.35. The van der Waals surface area contributed by atoms with Gasteiger partial charge in [0, 0.05) is 38.8 Å². The zero-order valence-corrected chi connectivity index (χ0v) is 13.9. The number of likely N-dealkylation sites (tertiary alicyclic amines) is 1. The minimum absolute atomic E-state index is 0.0434. The molecule has 1 aromatic rings. The molecule has 0 aliphatic carbocycles. The molecule has 0 unspecified atom stereocenters. The second-order valence-electron chi connectivity index (χ2n) is 6.42. The molecule has 2 fully saturated rings. The molecule has 1 aromatic heterocycles. The number of hydrogen-bond acceptors (Lipinski definition) is 4. The fourth-order valence-corrected chi connectivity index (χ4v) is 3.24. The maximum atomic E-state index is 12.5. The van der Waals surface area contributed by atoms with Crippen LogP contribution in [0.4, 0.5) is 13.6 Å². The quantitative estimate of drug-likeness (QED) is 0.820. The molecule has 2 amide bonds. The number of carbonyl (C=O) groups excluding carboxylic acids is 1. The molecule has 7 nitrogen and oxygen atoms in total. The Morgan fingerprint density at radius 2 is 1.84 bits per heavy atom. The molecule has 0 radical (unpaired) electrons. The fraction of sp³-hybridized carbons (Fsp3) is 0.688. The molecule has 3 rings (SSSR count). The first-order chi connectivity index (χ1) is 12.0. The van der Waals surface area contributed by atoms with E-state index in [0.717, 1.165) is 18.9 Å². The van der Waals surface area contributed by atoms with Crippen LogP contribution >= 0.6 is 0 Å². The molecule has 0 bridgehead atoms. The van der Waals surface area contributed by atoms with Crippen molar-refractivity contribution in [1.82, 2.24) is 19.4 Å². The summed E-state index contributed by atoms with van der Waals surface area (Å²) in [5, 5.41) is 0. The van der Waals surface area contributed by atoms with Gasteiger partial charge in [-0.15, -0.1) is 0 Å². The summed E-state index contributed by atoms with van der Waals surface area (Å²) in [6, 6.07) is 0.934. The van der Waals surface area contributed by atoms with E-state index in [0.29, 0.717) is 45.9 Å². The minimum atomic E-state index is -2.74. The second kappa shape index (κ2) is 7.90. The Hall–Kier alpha value is -2.03. The number of rotatable bonds is 3. The van der Waals surface area contributed by atoms with Gasteiger partial charge in [-0.2, -0.15) is 0 Å². The van der Waals surface area contributed by atoms with Gasteiger partial charge in [0.1, 0.15) is 5.69 Å². The van der Waals surface area contributed by atoms with E-state index in [1.54, 1.807) is 4.90 Å². The third-order valence-corrected chi connectivity index (χ3v) is 4.75. The van der Waals surface area contributed by atoms with Gasteiger partial charge in [-0.1, -0.05) is 0 Å². The molecule has 0 N–H and O–H groups in total. The normalized spacial score (nSPS) is 19.5. The summed E-state index contributed by atoms with van der Waals surface area (Å²) >= 11 is 0. The molecule has 25 heavy (non-hydrogen) atoms. The van der Waals surface area contributed by atoms with Crippen molar-refractivity contribution in [3.63, 3.8) is 0 Å². The maximum Gasteiger partial charge on any atom is 0.320 e. The van der Waals surface area contributed by atoms with Gasteiger partial charge in [-0.05, 0) is 18.8 Å². The Kier molecular flexibility index (Phi) is 5.62. The maximum absolute atomic E-state index is 12.5. The molecule has 2 aliphatic rings. The number of nitrogens with zero attached hydrogens (tertiary/aromatic N) is 4. The molecule has 3 heterocycles. The van der Waals surface area contributed by atoms with Crippen molar-refractivity contribution in [3.8, 4) is 0 Å². The van der Waals surface area contributed by atoms with Crippen molar-refractivity contribution in [1.29, 1.82) is 0 Å². The standard InChI is InChI=1S/C16H22F2N4O3/c17-15(18)13-9-14(23)22(11-19-13)10-12-1-3-20(4-2-12)16(24)21-5-7-25-8-6-21/h9,11-12,15H,1-8,10H2. The van der Waals surface area contributed by atoms with Gasteiger partial charge in [0.25, 0.3) is 12.0 Å². The van der Waals surface area contributed by atoms with E-state index >= 15 is 0 Å². The van der Waals surface area contributed by atoms with E-state index in [1.165, 1.54) is 10.9 Å². The first-order valence-corrected chi connectivity index (χ1v) is 8.50. The minimum Gasteiger partial charge on any atom is -0.378 e. The summed E-state index contributed by atoms with van der Waals surface area (Å²) in [6.07, 6.45) is 0.00429. The number of ether oxygens (including phenoxy) is 1. The van der Waals surface area contributed by atoms with E-state index in [1.807, 2.05) is 4.90 Å². The molecular formula is C16H22F2N4O3. The molecular weight excluding hydrogens is 334 g/mol. The average molecular weight is 356 g/mol. The molecule has 2 saturated heterocycles. The summed E-state index contributed by atoms with van der Waals surface area (Å²) in [5.41, 5.74) is -0.954. The number of halogens is 2. The van der Waals surface area contributed by atoms with Crippen LogP contribution in [0.5, 0.6) is 0 Å². The average Bonchev–Trinajstić information content (AvgIpc) is 2.64. The summed E-state index contributed by atoms with van der Waals surface area (Å²) in [6.45, 7) is 4.11.